The molecule has 0 atom stereocenters. The number of ether oxygens (including phenoxy) is 1. The first-order valence-corrected chi connectivity index (χ1v) is 10.4. The maximum atomic E-state index is 12.3. The Morgan fingerprint density at radius 2 is 2.06 bits per heavy atom. The summed E-state index contributed by atoms with van der Waals surface area (Å²) in [6, 6.07) is 12.1. The van der Waals surface area contributed by atoms with Crippen molar-refractivity contribution in [2.45, 2.75) is 25.2 Å². The van der Waals surface area contributed by atoms with Crippen LogP contribution in [0.3, 0.4) is 0 Å². The van der Waals surface area contributed by atoms with Crippen LogP contribution in [0.5, 0.6) is 5.75 Å². The molecule has 1 saturated heterocycles. The highest BCUT2D eigenvalue weighted by molar-refractivity contribution is 5.91. The van der Waals surface area contributed by atoms with Crippen LogP contribution in [-0.2, 0) is 4.79 Å². The molecule has 0 spiro atoms. The lowest BCUT2D eigenvalue weighted by atomic mass is 9.89. The maximum Gasteiger partial charge on any atom is 0.271 e. The zero-order chi connectivity index (χ0) is 21.8. The molecule has 1 aromatic heterocycles. The van der Waals surface area contributed by atoms with Gasteiger partial charge in [0.25, 0.3) is 5.69 Å². The molecule has 4 rings (SSSR count). The minimum absolute atomic E-state index is 0.0326. The number of amides is 1. The number of methoxy groups -OCH3 is 1. The first kappa shape index (κ1) is 20.9. The summed E-state index contributed by atoms with van der Waals surface area (Å²) >= 11 is 0. The Morgan fingerprint density at radius 1 is 1.26 bits per heavy atom. The normalized spacial score (nSPS) is 15.1. The van der Waals surface area contributed by atoms with Crippen molar-refractivity contribution >= 4 is 28.2 Å². The molecule has 0 aliphatic carbocycles. The summed E-state index contributed by atoms with van der Waals surface area (Å²) in [6.07, 6.45) is 4.54. The van der Waals surface area contributed by atoms with Crippen LogP contribution in [0.2, 0.25) is 0 Å². The van der Waals surface area contributed by atoms with Gasteiger partial charge in [0, 0.05) is 47.9 Å². The first-order valence-electron chi connectivity index (χ1n) is 10.4. The minimum Gasteiger partial charge on any atom is -0.497 e. The largest absolute Gasteiger partial charge is 0.497 e. The molecule has 1 aliphatic heterocycles. The van der Waals surface area contributed by atoms with Crippen LogP contribution >= 0.6 is 0 Å². The van der Waals surface area contributed by atoms with Gasteiger partial charge < -0.3 is 19.9 Å². The van der Waals surface area contributed by atoms with Gasteiger partial charge in [-0.05, 0) is 61.7 Å². The van der Waals surface area contributed by atoms with Gasteiger partial charge in [-0.15, -0.1) is 0 Å². The van der Waals surface area contributed by atoms with Gasteiger partial charge in [0.15, 0.2) is 0 Å². The first-order chi connectivity index (χ1) is 15.0. The van der Waals surface area contributed by atoms with Crippen molar-refractivity contribution in [1.29, 1.82) is 0 Å². The van der Waals surface area contributed by atoms with Gasteiger partial charge >= 0.3 is 0 Å². The monoisotopic (exact) mass is 422 g/mol. The molecule has 8 nitrogen and oxygen atoms in total. The molecular weight excluding hydrogens is 396 g/mol. The smallest absolute Gasteiger partial charge is 0.271 e. The van der Waals surface area contributed by atoms with Crippen molar-refractivity contribution in [2.24, 2.45) is 0 Å². The summed E-state index contributed by atoms with van der Waals surface area (Å²) in [5.74, 6) is 1.21. The van der Waals surface area contributed by atoms with Crippen LogP contribution in [0.1, 0.15) is 30.7 Å². The van der Waals surface area contributed by atoms with Crippen LogP contribution < -0.4 is 10.1 Å². The number of carbonyl (C=O) groups excluding carboxylic acids is 1. The average Bonchev–Trinajstić information content (AvgIpc) is 3.21. The van der Waals surface area contributed by atoms with E-state index >= 15 is 0 Å². The molecular formula is C23H26N4O4. The van der Waals surface area contributed by atoms with Crippen LogP contribution in [0.25, 0.3) is 10.9 Å². The molecule has 8 heteroatoms. The maximum absolute atomic E-state index is 12.3. The van der Waals surface area contributed by atoms with Gasteiger partial charge in [0.1, 0.15) is 5.75 Å². The molecule has 1 aliphatic rings. The summed E-state index contributed by atoms with van der Waals surface area (Å²) in [5.41, 5.74) is 2.87. The van der Waals surface area contributed by atoms with Gasteiger partial charge in [0.05, 0.1) is 12.0 Å². The Balaban J connectivity index is 1.28. The Morgan fingerprint density at radius 3 is 2.81 bits per heavy atom. The Bertz CT molecular complexity index is 1090. The Labute approximate surface area is 180 Å². The van der Waals surface area contributed by atoms with Gasteiger partial charge in [-0.1, -0.05) is 6.07 Å². The molecule has 162 valence electrons. The van der Waals surface area contributed by atoms with Gasteiger partial charge in [-0.3, -0.25) is 14.9 Å². The molecule has 2 heterocycles. The molecule has 2 aromatic carbocycles. The van der Waals surface area contributed by atoms with E-state index < -0.39 is 4.92 Å². The van der Waals surface area contributed by atoms with Crippen molar-refractivity contribution in [1.82, 2.24) is 9.88 Å². The number of carbonyl (C=O) groups is 1. The lowest BCUT2D eigenvalue weighted by Gasteiger charge is -2.31. The number of nitro groups is 1. The molecule has 2 N–H and O–H groups in total. The number of benzene rings is 2. The average molecular weight is 422 g/mol. The Kier molecular flexibility index (Phi) is 6.18. The molecule has 0 radical (unpaired) electrons. The number of likely N-dealkylation sites (tertiary alicyclic amines) is 1. The number of nitrogens with zero attached hydrogens (tertiary/aromatic N) is 2. The number of nitrogens with one attached hydrogen (secondary N) is 2. The minimum atomic E-state index is -0.469. The number of hydrogen-bond donors (Lipinski definition) is 2. The standard InChI is InChI=1S/C23H26N4O4/c1-31-19-5-6-22-20(14-19)21(15-24-22)16-7-10-26(11-8-16)12-9-23(28)25-17-3-2-4-18(13-17)27(29)30/h2-6,13-16,24H,7-12H2,1H3,(H,25,28). The number of aromatic nitrogens is 1. The third-order valence-electron chi connectivity index (χ3n) is 5.94. The number of nitro benzene ring substituents is 1. The number of anilines is 1. The SMILES string of the molecule is COc1ccc2[nH]cc(C3CCN(CCC(=O)Nc4cccc([N+](=O)[O-])c4)CC3)c2c1. The summed E-state index contributed by atoms with van der Waals surface area (Å²) in [5, 5.41) is 14.8. The third-order valence-corrected chi connectivity index (χ3v) is 5.94. The lowest BCUT2D eigenvalue weighted by molar-refractivity contribution is -0.384. The van der Waals surface area contributed by atoms with E-state index in [0.29, 0.717) is 24.6 Å². The van der Waals surface area contributed by atoms with Crippen molar-refractivity contribution in [3.05, 3.63) is 64.3 Å². The van der Waals surface area contributed by atoms with E-state index in [1.54, 1.807) is 19.2 Å². The molecule has 0 unspecified atom stereocenters. The Hall–Kier alpha value is -3.39. The van der Waals surface area contributed by atoms with Gasteiger partial charge in [-0.25, -0.2) is 0 Å². The zero-order valence-corrected chi connectivity index (χ0v) is 17.5. The second-order valence-corrected chi connectivity index (χ2v) is 7.88. The summed E-state index contributed by atoms with van der Waals surface area (Å²) in [4.78, 5) is 28.3. The molecule has 1 fully saturated rings. The predicted octanol–water partition coefficient (Wildman–Crippen LogP) is 4.29. The molecule has 31 heavy (non-hydrogen) atoms. The number of fused-ring (bicyclic) bond motifs is 1. The quantitative estimate of drug-likeness (QED) is 0.437. The topological polar surface area (TPSA) is 100 Å². The van der Waals surface area contributed by atoms with Crippen LogP contribution in [0.4, 0.5) is 11.4 Å². The number of piperidine rings is 1. The van der Waals surface area contributed by atoms with Crippen LogP contribution in [-0.4, -0.2) is 47.5 Å². The van der Waals surface area contributed by atoms with E-state index in [1.165, 1.54) is 23.1 Å². The van der Waals surface area contributed by atoms with Gasteiger partial charge in [0.2, 0.25) is 5.91 Å². The summed E-state index contributed by atoms with van der Waals surface area (Å²) in [7, 11) is 1.68. The fourth-order valence-corrected chi connectivity index (χ4v) is 4.23. The van der Waals surface area contributed by atoms with E-state index in [4.69, 9.17) is 4.74 Å². The zero-order valence-electron chi connectivity index (χ0n) is 17.5. The fourth-order valence-electron chi connectivity index (χ4n) is 4.23. The molecule has 1 amide bonds. The fraction of sp³-hybridized carbons (Fsp3) is 0.348. The second-order valence-electron chi connectivity index (χ2n) is 7.88. The van der Waals surface area contributed by atoms with E-state index in [1.807, 2.05) is 12.1 Å². The van der Waals surface area contributed by atoms with E-state index in [2.05, 4.69) is 27.5 Å². The van der Waals surface area contributed by atoms with E-state index in [-0.39, 0.29) is 11.6 Å². The van der Waals surface area contributed by atoms with Crippen molar-refractivity contribution in [3.63, 3.8) is 0 Å². The number of H-pyrrole nitrogens is 1. The second kappa shape index (κ2) is 9.18. The highest BCUT2D eigenvalue weighted by Crippen LogP contribution is 2.34. The highest BCUT2D eigenvalue weighted by atomic mass is 16.6. The van der Waals surface area contributed by atoms with Crippen molar-refractivity contribution in [3.8, 4) is 5.75 Å². The summed E-state index contributed by atoms with van der Waals surface area (Å²) in [6.45, 7) is 2.55. The molecule has 0 bridgehead atoms. The number of non-ortho nitro benzene ring substituents is 1. The number of hydrogen-bond acceptors (Lipinski definition) is 5. The number of rotatable bonds is 7. The lowest BCUT2D eigenvalue weighted by Crippen LogP contribution is -2.35. The third kappa shape index (κ3) is 4.86. The van der Waals surface area contributed by atoms with E-state index in [9.17, 15) is 14.9 Å². The molecule has 3 aromatic rings. The van der Waals surface area contributed by atoms with Crippen molar-refractivity contribution in [2.75, 3.05) is 32.1 Å². The molecule has 0 saturated carbocycles. The van der Waals surface area contributed by atoms with E-state index in [0.717, 1.165) is 37.2 Å². The van der Waals surface area contributed by atoms with Crippen molar-refractivity contribution < 1.29 is 14.5 Å². The summed E-state index contributed by atoms with van der Waals surface area (Å²) < 4.78 is 5.37. The van der Waals surface area contributed by atoms with Gasteiger partial charge in [-0.2, -0.15) is 0 Å². The van der Waals surface area contributed by atoms with Crippen LogP contribution in [0, 0.1) is 10.1 Å². The van der Waals surface area contributed by atoms with Crippen LogP contribution in [0.15, 0.2) is 48.7 Å². The predicted molar refractivity (Wildman–Crippen MR) is 120 cm³/mol. The number of aromatic amines is 1. The highest BCUT2D eigenvalue weighted by Gasteiger charge is 2.23.